The molecule has 0 N–H and O–H groups in total. The van der Waals surface area contributed by atoms with Crippen LogP contribution < -0.4 is 9.80 Å². The smallest absolute Gasteiger partial charge is 0.371 e. The molecule has 0 spiro atoms. The van der Waals surface area contributed by atoms with Gasteiger partial charge in [-0.05, 0) is 75.0 Å². The van der Waals surface area contributed by atoms with Gasteiger partial charge >= 0.3 is 6.18 Å². The number of hydrogen-bond acceptors (Lipinski definition) is 4. The Bertz CT molecular complexity index is 916. The van der Waals surface area contributed by atoms with Crippen LogP contribution in [0, 0.1) is 0 Å². The summed E-state index contributed by atoms with van der Waals surface area (Å²) in [6.45, 7) is 5.05. The summed E-state index contributed by atoms with van der Waals surface area (Å²) in [6, 6.07) is 12.9. The van der Waals surface area contributed by atoms with Crippen molar-refractivity contribution in [1.82, 2.24) is 9.80 Å². The van der Waals surface area contributed by atoms with E-state index in [0.717, 1.165) is 63.5 Å². The maximum atomic E-state index is 13.8. The Labute approximate surface area is 199 Å². The molecular formula is C25H32ClF3N4. The van der Waals surface area contributed by atoms with E-state index in [0.29, 0.717) is 23.2 Å². The van der Waals surface area contributed by atoms with Gasteiger partial charge in [0.05, 0.1) is 5.56 Å². The minimum absolute atomic E-state index is 0.311. The molecule has 33 heavy (non-hydrogen) atoms. The molecule has 2 aromatic carbocycles. The highest BCUT2D eigenvalue weighted by atomic mass is 35.5. The molecule has 2 heterocycles. The van der Waals surface area contributed by atoms with Crippen LogP contribution in [0.5, 0.6) is 0 Å². The minimum Gasteiger partial charge on any atom is -0.371 e. The lowest BCUT2D eigenvalue weighted by Crippen LogP contribution is -2.46. The molecule has 4 nitrogen and oxygen atoms in total. The number of nitrogens with zero attached hydrogens (tertiary/aromatic N) is 4. The summed E-state index contributed by atoms with van der Waals surface area (Å²) in [6.07, 6.45) is -2.30. The van der Waals surface area contributed by atoms with Gasteiger partial charge < -0.3 is 14.7 Å². The second-order valence-electron chi connectivity index (χ2n) is 9.26. The number of rotatable bonds is 5. The first-order valence-corrected chi connectivity index (χ1v) is 11.9. The largest absolute Gasteiger partial charge is 0.416 e. The quantitative estimate of drug-likeness (QED) is 0.582. The Hall–Kier alpha value is -1.96. The van der Waals surface area contributed by atoms with Gasteiger partial charge in [0, 0.05) is 68.3 Å². The zero-order chi connectivity index (χ0) is 23.6. The fourth-order valence-corrected chi connectivity index (χ4v) is 5.01. The van der Waals surface area contributed by atoms with Gasteiger partial charge in [-0.15, -0.1) is 0 Å². The van der Waals surface area contributed by atoms with Crippen LogP contribution in [0.3, 0.4) is 0 Å². The van der Waals surface area contributed by atoms with E-state index in [4.69, 9.17) is 11.6 Å². The topological polar surface area (TPSA) is 13.0 Å². The highest BCUT2D eigenvalue weighted by Gasteiger charge is 2.34. The predicted octanol–water partition coefficient (Wildman–Crippen LogP) is 5.21. The van der Waals surface area contributed by atoms with Gasteiger partial charge in [0.25, 0.3) is 0 Å². The molecule has 0 amide bonds. The zero-order valence-electron chi connectivity index (χ0n) is 19.3. The van der Waals surface area contributed by atoms with E-state index < -0.39 is 11.7 Å². The molecule has 2 aliphatic heterocycles. The third-order valence-corrected chi connectivity index (χ3v) is 7.16. The standard InChI is InChI=1S/C25H32ClF3N4/c1-30(2)21-9-11-32(12-10-21)23-7-8-24(25(27,28)29)19(17-23)18-31-13-15-33(16-14-31)22-5-3-20(26)4-6-22/h3-8,17,21H,9-16,18H2,1-2H3. The number of alkyl halides is 3. The van der Waals surface area contributed by atoms with Gasteiger partial charge in [-0.2, -0.15) is 13.2 Å². The molecule has 0 bridgehead atoms. The normalized spacial score (nSPS) is 18.9. The Morgan fingerprint density at radius 1 is 0.848 bits per heavy atom. The monoisotopic (exact) mass is 480 g/mol. The van der Waals surface area contributed by atoms with Gasteiger partial charge in [-0.25, -0.2) is 0 Å². The van der Waals surface area contributed by atoms with Crippen molar-refractivity contribution in [2.45, 2.75) is 31.6 Å². The van der Waals surface area contributed by atoms with Crippen molar-refractivity contribution >= 4 is 23.0 Å². The molecule has 0 unspecified atom stereocenters. The van der Waals surface area contributed by atoms with E-state index in [9.17, 15) is 13.2 Å². The van der Waals surface area contributed by atoms with Gasteiger partial charge in [0.2, 0.25) is 0 Å². The number of benzene rings is 2. The van der Waals surface area contributed by atoms with Crippen LogP contribution in [0.2, 0.25) is 5.02 Å². The van der Waals surface area contributed by atoms with Gasteiger partial charge in [-0.3, -0.25) is 4.90 Å². The van der Waals surface area contributed by atoms with E-state index in [-0.39, 0.29) is 0 Å². The molecule has 0 saturated carbocycles. The molecule has 0 atom stereocenters. The van der Waals surface area contributed by atoms with Crippen LogP contribution in [0.25, 0.3) is 0 Å². The molecule has 0 aliphatic carbocycles. The van der Waals surface area contributed by atoms with Crippen LogP contribution in [0.15, 0.2) is 42.5 Å². The van der Waals surface area contributed by atoms with Crippen molar-refractivity contribution < 1.29 is 13.2 Å². The molecule has 2 aliphatic rings. The first-order chi connectivity index (χ1) is 15.7. The average molecular weight is 481 g/mol. The second-order valence-corrected chi connectivity index (χ2v) is 9.70. The second kappa shape index (κ2) is 10.1. The van der Waals surface area contributed by atoms with Crippen molar-refractivity contribution in [2.24, 2.45) is 0 Å². The third kappa shape index (κ3) is 5.94. The average Bonchev–Trinajstić information content (AvgIpc) is 2.79. The molecule has 180 valence electrons. The Morgan fingerprint density at radius 3 is 2.00 bits per heavy atom. The first-order valence-electron chi connectivity index (χ1n) is 11.5. The summed E-state index contributed by atoms with van der Waals surface area (Å²) < 4.78 is 41.3. The van der Waals surface area contributed by atoms with Gasteiger partial charge in [0.15, 0.2) is 0 Å². The maximum absolute atomic E-state index is 13.8. The van der Waals surface area contributed by atoms with Crippen LogP contribution in [0.4, 0.5) is 24.5 Å². The number of piperazine rings is 1. The summed E-state index contributed by atoms with van der Waals surface area (Å²) in [7, 11) is 4.17. The molecule has 8 heteroatoms. The van der Waals surface area contributed by atoms with Crippen molar-refractivity contribution in [3.63, 3.8) is 0 Å². The van der Waals surface area contributed by atoms with Crippen molar-refractivity contribution in [2.75, 3.05) is 63.2 Å². The molecule has 0 aromatic heterocycles. The van der Waals surface area contributed by atoms with Crippen LogP contribution in [0.1, 0.15) is 24.0 Å². The molecule has 4 rings (SSSR count). The van der Waals surface area contributed by atoms with Crippen molar-refractivity contribution in [3.8, 4) is 0 Å². The lowest BCUT2D eigenvalue weighted by Gasteiger charge is -2.38. The Balaban J connectivity index is 1.45. The molecule has 0 radical (unpaired) electrons. The lowest BCUT2D eigenvalue weighted by atomic mass is 10.0. The predicted molar refractivity (Wildman–Crippen MR) is 129 cm³/mol. The van der Waals surface area contributed by atoms with Crippen LogP contribution in [-0.4, -0.2) is 69.2 Å². The van der Waals surface area contributed by atoms with E-state index >= 15 is 0 Å². The third-order valence-electron chi connectivity index (χ3n) is 6.91. The van der Waals surface area contributed by atoms with Crippen molar-refractivity contribution in [3.05, 3.63) is 58.6 Å². The summed E-state index contributed by atoms with van der Waals surface area (Å²) in [5.74, 6) is 0. The summed E-state index contributed by atoms with van der Waals surface area (Å²) in [5, 5.41) is 0.697. The number of hydrogen-bond donors (Lipinski definition) is 0. The highest BCUT2D eigenvalue weighted by molar-refractivity contribution is 6.30. The molecule has 2 aromatic rings. The van der Waals surface area contributed by atoms with Gasteiger partial charge in [-0.1, -0.05) is 11.6 Å². The molecule has 2 saturated heterocycles. The lowest BCUT2D eigenvalue weighted by molar-refractivity contribution is -0.138. The first kappa shape index (κ1) is 24.2. The maximum Gasteiger partial charge on any atom is 0.416 e. The fraction of sp³-hybridized carbons (Fsp3) is 0.520. The summed E-state index contributed by atoms with van der Waals surface area (Å²) in [5.41, 5.74) is 1.84. The number of anilines is 2. The highest BCUT2D eigenvalue weighted by Crippen LogP contribution is 2.35. The zero-order valence-corrected chi connectivity index (χ0v) is 20.0. The summed E-state index contributed by atoms with van der Waals surface area (Å²) >= 11 is 5.98. The van der Waals surface area contributed by atoms with Crippen LogP contribution >= 0.6 is 11.6 Å². The van der Waals surface area contributed by atoms with E-state index in [2.05, 4.69) is 33.7 Å². The number of halogens is 4. The van der Waals surface area contributed by atoms with E-state index in [1.807, 2.05) is 24.3 Å². The minimum atomic E-state index is -4.35. The number of piperidine rings is 1. The van der Waals surface area contributed by atoms with Crippen LogP contribution in [-0.2, 0) is 12.7 Å². The molecular weight excluding hydrogens is 449 g/mol. The van der Waals surface area contributed by atoms with Gasteiger partial charge in [0.1, 0.15) is 0 Å². The molecule has 2 fully saturated rings. The Morgan fingerprint density at radius 2 is 1.42 bits per heavy atom. The SMILES string of the molecule is CN(C)C1CCN(c2ccc(C(F)(F)F)c(CN3CCN(c4ccc(Cl)cc4)CC3)c2)CC1. The fourth-order valence-electron chi connectivity index (χ4n) is 4.88. The van der Waals surface area contributed by atoms with Crippen molar-refractivity contribution in [1.29, 1.82) is 0 Å². The Kier molecular flexibility index (Phi) is 7.41. The summed E-state index contributed by atoms with van der Waals surface area (Å²) in [4.78, 5) is 8.84. The van der Waals surface area contributed by atoms with E-state index in [1.54, 1.807) is 12.1 Å². The van der Waals surface area contributed by atoms with E-state index in [1.165, 1.54) is 6.07 Å².